The molecule has 5 heteroatoms. The maximum absolute atomic E-state index is 13.3. The van der Waals surface area contributed by atoms with Gasteiger partial charge in [0.15, 0.2) is 0 Å². The van der Waals surface area contributed by atoms with E-state index in [9.17, 15) is 4.39 Å². The Balaban J connectivity index is 2.04. The predicted octanol–water partition coefficient (Wildman–Crippen LogP) is 4.25. The Hall–Kier alpha value is -1.68. The average molecular weight is 292 g/mol. The zero-order valence-corrected chi connectivity index (χ0v) is 11.9. The molecule has 1 heterocycles. The van der Waals surface area contributed by atoms with Gasteiger partial charge in [0, 0.05) is 24.1 Å². The number of nitrogens with zero attached hydrogens (tertiary/aromatic N) is 2. The van der Waals surface area contributed by atoms with Crippen LogP contribution in [0.4, 0.5) is 10.2 Å². The lowest BCUT2D eigenvalue weighted by molar-refractivity contribution is 0.628. The maximum atomic E-state index is 13.3. The number of anilines is 1. The molecule has 1 aliphatic carbocycles. The van der Waals surface area contributed by atoms with Crippen LogP contribution in [0.1, 0.15) is 31.5 Å². The van der Waals surface area contributed by atoms with Crippen LogP contribution in [0.2, 0.25) is 5.02 Å². The Labute approximate surface area is 122 Å². The molecule has 1 saturated carbocycles. The first-order valence-corrected chi connectivity index (χ1v) is 7.13. The highest BCUT2D eigenvalue weighted by atomic mass is 35.5. The molecule has 20 heavy (non-hydrogen) atoms. The molecule has 0 radical (unpaired) electrons. The van der Waals surface area contributed by atoms with E-state index >= 15 is 0 Å². The molecule has 1 aromatic carbocycles. The van der Waals surface area contributed by atoms with Crippen molar-refractivity contribution in [1.29, 1.82) is 0 Å². The van der Waals surface area contributed by atoms with E-state index in [1.54, 1.807) is 12.1 Å². The number of nitrogens with one attached hydrogen (secondary N) is 1. The topological polar surface area (TPSA) is 37.8 Å². The Kier molecular flexibility index (Phi) is 3.57. The van der Waals surface area contributed by atoms with Gasteiger partial charge in [-0.2, -0.15) is 0 Å². The van der Waals surface area contributed by atoms with Gasteiger partial charge in [0.25, 0.3) is 0 Å². The van der Waals surface area contributed by atoms with Crippen molar-refractivity contribution in [3.05, 3.63) is 40.9 Å². The fourth-order valence-corrected chi connectivity index (χ4v) is 2.25. The van der Waals surface area contributed by atoms with Crippen molar-refractivity contribution in [2.24, 2.45) is 0 Å². The lowest BCUT2D eigenvalue weighted by Gasteiger charge is -2.09. The monoisotopic (exact) mass is 291 g/mol. The second kappa shape index (κ2) is 5.37. The summed E-state index contributed by atoms with van der Waals surface area (Å²) < 4.78 is 13.3. The Morgan fingerprint density at radius 2 is 2.10 bits per heavy atom. The summed E-state index contributed by atoms with van der Waals surface area (Å²) in [6.07, 6.45) is 2.28. The van der Waals surface area contributed by atoms with Gasteiger partial charge in [0.05, 0.1) is 10.7 Å². The molecular formula is C15H15ClFN3. The Morgan fingerprint density at radius 3 is 2.75 bits per heavy atom. The largest absolute Gasteiger partial charge is 0.370 e. The van der Waals surface area contributed by atoms with Crippen LogP contribution < -0.4 is 5.32 Å². The number of aromatic nitrogens is 2. The van der Waals surface area contributed by atoms with Crippen molar-refractivity contribution in [3.63, 3.8) is 0 Å². The lowest BCUT2D eigenvalue weighted by Crippen LogP contribution is -2.04. The third-order valence-corrected chi connectivity index (χ3v) is 3.55. The molecule has 3 nitrogen and oxygen atoms in total. The van der Waals surface area contributed by atoms with Crippen LogP contribution in [0.5, 0.6) is 0 Å². The fourth-order valence-electron chi connectivity index (χ4n) is 2.06. The highest BCUT2D eigenvalue weighted by Gasteiger charge is 2.27. The molecule has 1 aromatic heterocycles. The summed E-state index contributed by atoms with van der Waals surface area (Å²) in [7, 11) is 0. The molecule has 1 fully saturated rings. The maximum Gasteiger partial charge on any atom is 0.141 e. The highest BCUT2D eigenvalue weighted by molar-refractivity contribution is 6.31. The molecule has 0 aliphatic heterocycles. The third kappa shape index (κ3) is 2.75. The van der Waals surface area contributed by atoms with Crippen LogP contribution in [0.25, 0.3) is 11.3 Å². The fraction of sp³-hybridized carbons (Fsp3) is 0.333. The molecule has 0 amide bonds. The van der Waals surface area contributed by atoms with Crippen LogP contribution in [0, 0.1) is 5.82 Å². The summed E-state index contributed by atoms with van der Waals surface area (Å²) in [5, 5.41) is 3.32. The van der Waals surface area contributed by atoms with Crippen LogP contribution in [0.15, 0.2) is 24.3 Å². The van der Waals surface area contributed by atoms with E-state index in [2.05, 4.69) is 15.3 Å². The molecular weight excluding hydrogens is 277 g/mol. The van der Waals surface area contributed by atoms with Crippen LogP contribution >= 0.6 is 11.6 Å². The quantitative estimate of drug-likeness (QED) is 0.915. The molecule has 104 valence electrons. The first-order chi connectivity index (χ1) is 9.67. The van der Waals surface area contributed by atoms with Crippen molar-refractivity contribution in [1.82, 2.24) is 9.97 Å². The minimum Gasteiger partial charge on any atom is -0.370 e. The van der Waals surface area contributed by atoms with E-state index in [1.165, 1.54) is 6.07 Å². The number of hydrogen-bond acceptors (Lipinski definition) is 3. The standard InChI is InChI=1S/C15H15ClFN3/c1-2-18-14-8-13(19-15(20-14)9-3-4-9)10-5-6-12(17)11(16)7-10/h5-9H,2-4H2,1H3,(H,18,19,20). The van der Waals surface area contributed by atoms with Gasteiger partial charge in [-0.05, 0) is 38.0 Å². The van der Waals surface area contributed by atoms with Crippen molar-refractivity contribution in [2.75, 3.05) is 11.9 Å². The molecule has 3 rings (SSSR count). The summed E-state index contributed by atoms with van der Waals surface area (Å²) in [4.78, 5) is 9.11. The Bertz CT molecular complexity index is 641. The van der Waals surface area contributed by atoms with Gasteiger partial charge in [0.2, 0.25) is 0 Å². The van der Waals surface area contributed by atoms with Crippen LogP contribution in [-0.4, -0.2) is 16.5 Å². The molecule has 0 unspecified atom stereocenters. The molecule has 0 atom stereocenters. The summed E-state index contributed by atoms with van der Waals surface area (Å²) in [5.74, 6) is 1.71. The van der Waals surface area contributed by atoms with E-state index in [0.717, 1.165) is 42.3 Å². The van der Waals surface area contributed by atoms with Crippen molar-refractivity contribution >= 4 is 17.4 Å². The second-order valence-corrected chi connectivity index (χ2v) is 5.34. The molecule has 1 N–H and O–H groups in total. The van der Waals surface area contributed by atoms with E-state index < -0.39 is 5.82 Å². The van der Waals surface area contributed by atoms with Gasteiger partial charge in [-0.1, -0.05) is 11.6 Å². The first kappa shape index (κ1) is 13.3. The van der Waals surface area contributed by atoms with Crippen LogP contribution in [-0.2, 0) is 0 Å². The number of rotatable bonds is 4. The second-order valence-electron chi connectivity index (χ2n) is 4.93. The molecule has 0 bridgehead atoms. The summed E-state index contributed by atoms with van der Waals surface area (Å²) in [5.41, 5.74) is 1.58. The van der Waals surface area contributed by atoms with Gasteiger partial charge in [-0.25, -0.2) is 14.4 Å². The minimum absolute atomic E-state index is 0.110. The van der Waals surface area contributed by atoms with E-state index in [0.29, 0.717) is 5.92 Å². The van der Waals surface area contributed by atoms with Crippen LogP contribution in [0.3, 0.4) is 0 Å². The minimum atomic E-state index is -0.418. The van der Waals surface area contributed by atoms with Gasteiger partial charge >= 0.3 is 0 Å². The summed E-state index contributed by atoms with van der Waals surface area (Å²) >= 11 is 5.85. The van der Waals surface area contributed by atoms with E-state index in [-0.39, 0.29) is 5.02 Å². The predicted molar refractivity (Wildman–Crippen MR) is 78.6 cm³/mol. The van der Waals surface area contributed by atoms with Crippen molar-refractivity contribution in [3.8, 4) is 11.3 Å². The highest BCUT2D eigenvalue weighted by Crippen LogP contribution is 2.39. The summed E-state index contributed by atoms with van der Waals surface area (Å²) in [6, 6.07) is 6.53. The molecule has 0 saturated heterocycles. The molecule has 0 spiro atoms. The van der Waals surface area contributed by atoms with Crippen molar-refractivity contribution in [2.45, 2.75) is 25.7 Å². The first-order valence-electron chi connectivity index (χ1n) is 6.75. The smallest absolute Gasteiger partial charge is 0.141 e. The van der Waals surface area contributed by atoms with Gasteiger partial charge in [-0.15, -0.1) is 0 Å². The van der Waals surface area contributed by atoms with Gasteiger partial charge < -0.3 is 5.32 Å². The number of halogens is 2. The zero-order valence-electron chi connectivity index (χ0n) is 11.2. The van der Waals surface area contributed by atoms with Crippen molar-refractivity contribution < 1.29 is 4.39 Å². The number of benzene rings is 1. The molecule has 2 aromatic rings. The van der Waals surface area contributed by atoms with E-state index in [4.69, 9.17) is 11.6 Å². The lowest BCUT2D eigenvalue weighted by atomic mass is 10.1. The normalized spacial score (nSPS) is 14.3. The summed E-state index contributed by atoms with van der Waals surface area (Å²) in [6.45, 7) is 2.82. The average Bonchev–Trinajstić information content (AvgIpc) is 3.26. The SMILES string of the molecule is CCNc1cc(-c2ccc(F)c(Cl)c2)nc(C2CC2)n1. The van der Waals surface area contributed by atoms with E-state index in [1.807, 2.05) is 13.0 Å². The van der Waals surface area contributed by atoms with Gasteiger partial charge in [-0.3, -0.25) is 0 Å². The van der Waals surface area contributed by atoms with Gasteiger partial charge in [0.1, 0.15) is 17.5 Å². The third-order valence-electron chi connectivity index (χ3n) is 3.26. The Morgan fingerprint density at radius 1 is 1.30 bits per heavy atom. The zero-order chi connectivity index (χ0) is 14.1. The molecule has 1 aliphatic rings. The number of hydrogen-bond donors (Lipinski definition) is 1.